The van der Waals surface area contributed by atoms with E-state index in [-0.39, 0.29) is 19.3 Å². The molecule has 10 heavy (non-hydrogen) atoms. The molecule has 0 spiro atoms. The van der Waals surface area contributed by atoms with Crippen molar-refractivity contribution in [1.29, 1.82) is 0 Å². The molecule has 0 radical (unpaired) electrons. The van der Waals surface area contributed by atoms with Gasteiger partial charge in [0.25, 0.3) is 0 Å². The highest BCUT2D eigenvalue weighted by molar-refractivity contribution is 7.96. The quantitative estimate of drug-likeness (QED) is 0.588. The van der Waals surface area contributed by atoms with Crippen molar-refractivity contribution in [3.8, 4) is 0 Å². The smallest absolute Gasteiger partial charge is 0.248 e. The number of hydrogen-bond acceptors (Lipinski definition) is 1. The van der Waals surface area contributed by atoms with E-state index in [1.165, 1.54) is 0 Å². The maximum Gasteiger partial charge on any atom is 0.248 e. The molecule has 0 aromatic heterocycles. The highest BCUT2D eigenvalue weighted by Gasteiger charge is 2.41. The molecule has 0 aromatic carbocycles. The van der Waals surface area contributed by atoms with E-state index in [0.29, 0.717) is 0 Å². The normalized spacial score (nSPS) is 30.5. The van der Waals surface area contributed by atoms with Crippen LogP contribution in [0.1, 0.15) is 19.3 Å². The average molecular weight is 166 g/mol. The molecule has 0 saturated heterocycles. The molecule has 0 N–H and O–H groups in total. The zero-order chi connectivity index (χ0) is 7.78. The molecule has 4 heteroatoms. The minimum absolute atomic E-state index is 0.163. The SMILES string of the molecule is O=C(S)C1CCC(F)(F)C1. The molecule has 58 valence electrons. The summed E-state index contributed by atoms with van der Waals surface area (Å²) in [4.78, 5) is 10.5. The van der Waals surface area contributed by atoms with Crippen molar-refractivity contribution < 1.29 is 13.6 Å². The monoisotopic (exact) mass is 166 g/mol. The van der Waals surface area contributed by atoms with Gasteiger partial charge in [-0.2, -0.15) is 0 Å². The molecule has 0 heterocycles. The fraction of sp³-hybridized carbons (Fsp3) is 0.833. The van der Waals surface area contributed by atoms with Gasteiger partial charge in [0, 0.05) is 18.8 Å². The van der Waals surface area contributed by atoms with Crippen LogP contribution in [-0.4, -0.2) is 11.0 Å². The lowest BCUT2D eigenvalue weighted by atomic mass is 10.1. The summed E-state index contributed by atoms with van der Waals surface area (Å²) in [6.07, 6.45) is -0.186. The van der Waals surface area contributed by atoms with Crippen molar-refractivity contribution in [3.63, 3.8) is 0 Å². The third-order valence-corrected chi connectivity index (χ3v) is 2.12. The maximum absolute atomic E-state index is 12.4. The van der Waals surface area contributed by atoms with Gasteiger partial charge in [-0.05, 0) is 6.42 Å². The number of halogens is 2. The highest BCUT2D eigenvalue weighted by atomic mass is 32.1. The number of carbonyl (C=O) groups is 1. The van der Waals surface area contributed by atoms with E-state index in [4.69, 9.17) is 0 Å². The molecular formula is C6H8F2OS. The van der Waals surface area contributed by atoms with Crippen molar-refractivity contribution >= 4 is 17.7 Å². The van der Waals surface area contributed by atoms with E-state index >= 15 is 0 Å². The molecule has 1 aliphatic rings. The predicted molar refractivity (Wildman–Crippen MR) is 36.3 cm³/mol. The second-order valence-corrected chi connectivity index (χ2v) is 3.07. The Balaban J connectivity index is 2.51. The number of alkyl halides is 2. The first-order valence-corrected chi connectivity index (χ1v) is 3.57. The molecule has 1 aliphatic carbocycles. The summed E-state index contributed by atoms with van der Waals surface area (Å²) in [5, 5.41) is -0.405. The molecule has 1 saturated carbocycles. The summed E-state index contributed by atoms with van der Waals surface area (Å²) in [5.74, 6) is -3.14. The van der Waals surface area contributed by atoms with Crippen LogP contribution in [0.3, 0.4) is 0 Å². The molecule has 1 nitrogen and oxygen atoms in total. The summed E-state index contributed by atoms with van der Waals surface area (Å²) >= 11 is 3.50. The largest absolute Gasteiger partial charge is 0.287 e. The van der Waals surface area contributed by atoms with Crippen LogP contribution in [0.25, 0.3) is 0 Å². The van der Waals surface area contributed by atoms with E-state index < -0.39 is 17.0 Å². The van der Waals surface area contributed by atoms with Crippen LogP contribution in [0.5, 0.6) is 0 Å². The predicted octanol–water partition coefficient (Wildman–Crippen LogP) is 1.88. The van der Waals surface area contributed by atoms with Crippen LogP contribution in [0.4, 0.5) is 8.78 Å². The lowest BCUT2D eigenvalue weighted by molar-refractivity contribution is -0.114. The van der Waals surface area contributed by atoms with Crippen LogP contribution in [0.15, 0.2) is 0 Å². The maximum atomic E-state index is 12.4. The molecular weight excluding hydrogens is 158 g/mol. The Morgan fingerprint density at radius 1 is 1.60 bits per heavy atom. The van der Waals surface area contributed by atoms with Crippen molar-refractivity contribution in [3.05, 3.63) is 0 Å². The Morgan fingerprint density at radius 2 is 2.20 bits per heavy atom. The first-order valence-electron chi connectivity index (χ1n) is 3.12. The first-order chi connectivity index (χ1) is 4.51. The van der Waals surface area contributed by atoms with Crippen LogP contribution in [0.2, 0.25) is 0 Å². The molecule has 0 bridgehead atoms. The summed E-state index contributed by atoms with van der Waals surface area (Å²) in [5.41, 5.74) is 0. The van der Waals surface area contributed by atoms with E-state index in [9.17, 15) is 13.6 Å². The van der Waals surface area contributed by atoms with Gasteiger partial charge in [-0.3, -0.25) is 4.79 Å². The van der Waals surface area contributed by atoms with Crippen molar-refractivity contribution in [2.45, 2.75) is 25.2 Å². The van der Waals surface area contributed by atoms with Crippen molar-refractivity contribution in [2.75, 3.05) is 0 Å². The first kappa shape index (κ1) is 7.98. The number of thiol groups is 1. The van der Waals surface area contributed by atoms with Gasteiger partial charge < -0.3 is 0 Å². The van der Waals surface area contributed by atoms with Crippen LogP contribution >= 0.6 is 12.6 Å². The van der Waals surface area contributed by atoms with Gasteiger partial charge in [-0.25, -0.2) is 8.78 Å². The molecule has 0 amide bonds. The van der Waals surface area contributed by atoms with Crippen molar-refractivity contribution in [2.24, 2.45) is 5.92 Å². The Bertz CT molecular complexity index is 158. The Kier molecular flexibility index (Phi) is 1.99. The standard InChI is InChI=1S/C6H8F2OS/c7-6(8)2-1-4(3-6)5(9)10/h4H,1-3H2,(H,9,10). The lowest BCUT2D eigenvalue weighted by Crippen LogP contribution is -2.11. The minimum Gasteiger partial charge on any atom is -0.287 e. The zero-order valence-electron chi connectivity index (χ0n) is 5.31. The third-order valence-electron chi connectivity index (χ3n) is 1.75. The molecule has 1 unspecified atom stereocenters. The van der Waals surface area contributed by atoms with Gasteiger partial charge in [0.05, 0.1) is 0 Å². The lowest BCUT2D eigenvalue weighted by Gasteiger charge is -2.05. The molecule has 1 atom stereocenters. The Labute approximate surface area is 63.2 Å². The summed E-state index contributed by atoms with van der Waals surface area (Å²) in [6, 6.07) is 0. The number of rotatable bonds is 1. The third kappa shape index (κ3) is 1.68. The van der Waals surface area contributed by atoms with Gasteiger partial charge in [0.1, 0.15) is 0 Å². The fourth-order valence-corrected chi connectivity index (χ4v) is 1.38. The van der Waals surface area contributed by atoms with Crippen LogP contribution < -0.4 is 0 Å². The molecule has 1 rings (SSSR count). The van der Waals surface area contributed by atoms with E-state index in [0.717, 1.165) is 0 Å². The molecule has 0 aliphatic heterocycles. The van der Waals surface area contributed by atoms with Crippen molar-refractivity contribution in [1.82, 2.24) is 0 Å². The van der Waals surface area contributed by atoms with Gasteiger partial charge in [-0.15, -0.1) is 12.6 Å². The van der Waals surface area contributed by atoms with Gasteiger partial charge in [-0.1, -0.05) is 0 Å². The summed E-state index contributed by atoms with van der Waals surface area (Å²) in [7, 11) is 0. The van der Waals surface area contributed by atoms with E-state index in [2.05, 4.69) is 12.6 Å². The van der Waals surface area contributed by atoms with E-state index in [1.54, 1.807) is 0 Å². The molecule has 0 aromatic rings. The fourth-order valence-electron chi connectivity index (χ4n) is 1.16. The Morgan fingerprint density at radius 3 is 2.40 bits per heavy atom. The van der Waals surface area contributed by atoms with Gasteiger partial charge >= 0.3 is 0 Å². The summed E-state index contributed by atoms with van der Waals surface area (Å²) in [6.45, 7) is 0. The molecule has 1 fully saturated rings. The average Bonchev–Trinajstić information content (AvgIpc) is 2.10. The van der Waals surface area contributed by atoms with Gasteiger partial charge in [0.2, 0.25) is 5.92 Å². The minimum atomic E-state index is -2.62. The zero-order valence-corrected chi connectivity index (χ0v) is 6.20. The summed E-state index contributed by atoms with van der Waals surface area (Å²) < 4.78 is 24.7. The van der Waals surface area contributed by atoms with Crippen LogP contribution in [0, 0.1) is 5.92 Å². The Hall–Kier alpha value is -0.120. The number of hydrogen-bond donors (Lipinski definition) is 1. The number of carbonyl (C=O) groups excluding carboxylic acids is 1. The topological polar surface area (TPSA) is 17.1 Å². The van der Waals surface area contributed by atoms with Gasteiger partial charge in [0.15, 0.2) is 5.12 Å². The second-order valence-electron chi connectivity index (χ2n) is 2.63. The van der Waals surface area contributed by atoms with Crippen LogP contribution in [-0.2, 0) is 4.79 Å². The highest BCUT2D eigenvalue weighted by Crippen LogP contribution is 2.39. The second kappa shape index (κ2) is 2.49. The van der Waals surface area contributed by atoms with E-state index in [1.807, 2.05) is 0 Å².